The van der Waals surface area contributed by atoms with Gasteiger partial charge >= 0.3 is 0 Å². The number of aromatic nitrogens is 2. The van der Waals surface area contributed by atoms with Gasteiger partial charge in [0.2, 0.25) is 0 Å². The molecule has 6 heteroatoms. The molecule has 0 N–H and O–H groups in total. The lowest BCUT2D eigenvalue weighted by Crippen LogP contribution is -2.30. The minimum atomic E-state index is -0.159. The number of carbonyl (C=O) groups excluding carboxylic acids is 1. The minimum absolute atomic E-state index is 0.159. The molecule has 3 rings (SSSR count). The van der Waals surface area contributed by atoms with Gasteiger partial charge in [-0.1, -0.05) is 6.07 Å². The van der Waals surface area contributed by atoms with Gasteiger partial charge < -0.3 is 9.32 Å². The molecule has 0 aliphatic heterocycles. The number of carbonyl (C=O) groups is 1. The van der Waals surface area contributed by atoms with Crippen LogP contribution in [0.15, 0.2) is 58.9 Å². The van der Waals surface area contributed by atoms with E-state index in [0.717, 1.165) is 10.6 Å². The van der Waals surface area contributed by atoms with Gasteiger partial charge in [-0.3, -0.25) is 9.78 Å². The maximum atomic E-state index is 12.6. The Morgan fingerprint density at radius 2 is 2.19 bits per heavy atom. The van der Waals surface area contributed by atoms with Gasteiger partial charge in [-0.25, -0.2) is 4.98 Å². The minimum Gasteiger partial charge on any atom is -0.467 e. The van der Waals surface area contributed by atoms with Crippen molar-refractivity contribution in [3.05, 3.63) is 70.8 Å². The molecule has 0 bridgehead atoms. The number of hydrogen-bond donors (Lipinski definition) is 0. The predicted octanol–water partition coefficient (Wildman–Crippen LogP) is 2.97. The summed E-state index contributed by atoms with van der Waals surface area (Å²) in [6.45, 7) is 0.925. The predicted molar refractivity (Wildman–Crippen MR) is 78.6 cm³/mol. The normalized spacial score (nSPS) is 10.5. The summed E-state index contributed by atoms with van der Waals surface area (Å²) in [7, 11) is 0. The van der Waals surface area contributed by atoms with E-state index < -0.39 is 0 Å². The van der Waals surface area contributed by atoms with Crippen LogP contribution in [0.3, 0.4) is 0 Å². The zero-order valence-electron chi connectivity index (χ0n) is 11.2. The molecule has 1 amide bonds. The van der Waals surface area contributed by atoms with Crippen molar-refractivity contribution in [3.63, 3.8) is 0 Å². The maximum absolute atomic E-state index is 12.6. The Balaban J connectivity index is 1.82. The maximum Gasteiger partial charge on any atom is 0.274 e. The van der Waals surface area contributed by atoms with Crippen molar-refractivity contribution in [1.82, 2.24) is 14.9 Å². The molecule has 0 spiro atoms. The highest BCUT2D eigenvalue weighted by molar-refractivity contribution is 7.09. The largest absolute Gasteiger partial charge is 0.467 e. The van der Waals surface area contributed by atoms with Crippen molar-refractivity contribution < 1.29 is 9.21 Å². The van der Waals surface area contributed by atoms with Crippen LogP contribution in [-0.4, -0.2) is 20.8 Å². The fourth-order valence-corrected chi connectivity index (χ4v) is 2.67. The van der Waals surface area contributed by atoms with Crippen molar-refractivity contribution in [2.45, 2.75) is 13.1 Å². The van der Waals surface area contributed by atoms with Crippen molar-refractivity contribution >= 4 is 17.2 Å². The van der Waals surface area contributed by atoms with Gasteiger partial charge in [-0.15, -0.1) is 11.3 Å². The second kappa shape index (κ2) is 6.32. The Kier molecular flexibility index (Phi) is 4.07. The fraction of sp³-hybridized carbons (Fsp3) is 0.133. The summed E-state index contributed by atoms with van der Waals surface area (Å²) in [4.78, 5) is 23.4. The Morgan fingerprint density at radius 3 is 2.86 bits per heavy atom. The Labute approximate surface area is 125 Å². The Hall–Kier alpha value is -2.47. The molecule has 3 heterocycles. The SMILES string of the molecule is O=C(c1cnccn1)N(Cc1ccco1)Cc1cccs1. The highest BCUT2D eigenvalue weighted by Gasteiger charge is 2.19. The van der Waals surface area contributed by atoms with Crippen molar-refractivity contribution in [2.75, 3.05) is 0 Å². The van der Waals surface area contributed by atoms with E-state index in [1.807, 2.05) is 29.6 Å². The summed E-state index contributed by atoms with van der Waals surface area (Å²) in [5, 5.41) is 1.99. The third kappa shape index (κ3) is 3.35. The van der Waals surface area contributed by atoms with E-state index >= 15 is 0 Å². The summed E-state index contributed by atoms with van der Waals surface area (Å²) in [5.41, 5.74) is 0.334. The van der Waals surface area contributed by atoms with E-state index in [1.54, 1.807) is 28.7 Å². The van der Waals surface area contributed by atoms with Crippen LogP contribution in [-0.2, 0) is 13.1 Å². The molecule has 0 fully saturated rings. The number of amides is 1. The number of furan rings is 1. The van der Waals surface area contributed by atoms with E-state index in [9.17, 15) is 4.79 Å². The van der Waals surface area contributed by atoms with Crippen molar-refractivity contribution in [3.8, 4) is 0 Å². The number of rotatable bonds is 5. The molecule has 0 atom stereocenters. The average Bonchev–Trinajstić information content (AvgIpc) is 3.20. The second-order valence-corrected chi connectivity index (χ2v) is 5.44. The number of hydrogen-bond acceptors (Lipinski definition) is 5. The molecule has 3 aromatic heterocycles. The van der Waals surface area contributed by atoms with Crippen LogP contribution in [0.2, 0.25) is 0 Å². The first kappa shape index (κ1) is 13.5. The van der Waals surface area contributed by atoms with Gasteiger partial charge in [0.25, 0.3) is 5.91 Å². The Morgan fingerprint density at radius 1 is 1.24 bits per heavy atom. The van der Waals surface area contributed by atoms with Gasteiger partial charge in [0, 0.05) is 17.3 Å². The first-order valence-electron chi connectivity index (χ1n) is 6.43. The van der Waals surface area contributed by atoms with Gasteiger partial charge in [0.15, 0.2) is 0 Å². The lowest BCUT2D eigenvalue weighted by molar-refractivity contribution is 0.0713. The smallest absolute Gasteiger partial charge is 0.274 e. The standard InChI is InChI=1S/C15H13N3O2S/c19-15(14-9-16-5-6-17-14)18(10-12-3-1-7-20-12)11-13-4-2-8-21-13/h1-9H,10-11H2. The van der Waals surface area contributed by atoms with Gasteiger partial charge in [0.1, 0.15) is 11.5 Å². The topological polar surface area (TPSA) is 59.2 Å². The van der Waals surface area contributed by atoms with Crippen LogP contribution < -0.4 is 0 Å². The lowest BCUT2D eigenvalue weighted by atomic mass is 10.3. The molecule has 106 valence electrons. The average molecular weight is 299 g/mol. The van der Waals surface area contributed by atoms with E-state index in [1.165, 1.54) is 12.4 Å². The van der Waals surface area contributed by atoms with Crippen molar-refractivity contribution in [1.29, 1.82) is 0 Å². The molecule has 0 aliphatic rings. The van der Waals surface area contributed by atoms with E-state index in [0.29, 0.717) is 18.8 Å². The van der Waals surface area contributed by atoms with Crippen LogP contribution in [0.4, 0.5) is 0 Å². The third-order valence-electron chi connectivity index (χ3n) is 2.92. The first-order valence-corrected chi connectivity index (χ1v) is 7.31. The molecule has 5 nitrogen and oxygen atoms in total. The summed E-state index contributed by atoms with van der Waals surface area (Å²) >= 11 is 1.62. The van der Waals surface area contributed by atoms with Crippen LogP contribution in [0.1, 0.15) is 21.1 Å². The molecular weight excluding hydrogens is 286 g/mol. The molecule has 21 heavy (non-hydrogen) atoms. The van der Waals surface area contributed by atoms with Gasteiger partial charge in [0.05, 0.1) is 25.5 Å². The first-order chi connectivity index (χ1) is 10.3. The second-order valence-electron chi connectivity index (χ2n) is 4.41. The zero-order valence-corrected chi connectivity index (χ0v) is 12.0. The number of thiophene rings is 1. The quantitative estimate of drug-likeness (QED) is 0.726. The molecule has 0 unspecified atom stereocenters. The molecule has 0 aromatic carbocycles. The van der Waals surface area contributed by atoms with E-state index in [4.69, 9.17) is 4.42 Å². The molecular formula is C15H13N3O2S. The highest BCUT2D eigenvalue weighted by atomic mass is 32.1. The lowest BCUT2D eigenvalue weighted by Gasteiger charge is -2.20. The van der Waals surface area contributed by atoms with Crippen LogP contribution in [0.25, 0.3) is 0 Å². The van der Waals surface area contributed by atoms with E-state index in [-0.39, 0.29) is 5.91 Å². The molecule has 0 saturated carbocycles. The van der Waals surface area contributed by atoms with Gasteiger partial charge in [-0.05, 0) is 23.6 Å². The Bertz CT molecular complexity index is 645. The molecule has 0 aliphatic carbocycles. The zero-order chi connectivity index (χ0) is 14.5. The molecule has 3 aromatic rings. The summed E-state index contributed by atoms with van der Waals surface area (Å²) < 4.78 is 5.34. The van der Waals surface area contributed by atoms with Gasteiger partial charge in [-0.2, -0.15) is 0 Å². The summed E-state index contributed by atoms with van der Waals surface area (Å²) in [6, 6.07) is 7.64. The fourth-order valence-electron chi connectivity index (χ4n) is 1.95. The summed E-state index contributed by atoms with van der Waals surface area (Å²) in [6.07, 6.45) is 6.15. The van der Waals surface area contributed by atoms with E-state index in [2.05, 4.69) is 9.97 Å². The van der Waals surface area contributed by atoms with Crippen LogP contribution in [0, 0.1) is 0 Å². The monoisotopic (exact) mass is 299 g/mol. The summed E-state index contributed by atoms with van der Waals surface area (Å²) in [5.74, 6) is 0.580. The molecule has 0 radical (unpaired) electrons. The van der Waals surface area contributed by atoms with Crippen molar-refractivity contribution in [2.24, 2.45) is 0 Å². The molecule has 0 saturated heterocycles. The number of nitrogens with zero attached hydrogens (tertiary/aromatic N) is 3. The van der Waals surface area contributed by atoms with Crippen LogP contribution >= 0.6 is 11.3 Å². The highest BCUT2D eigenvalue weighted by Crippen LogP contribution is 2.16. The van der Waals surface area contributed by atoms with Crippen LogP contribution in [0.5, 0.6) is 0 Å². The third-order valence-corrected chi connectivity index (χ3v) is 3.78.